The maximum absolute atomic E-state index is 14.2. The largest absolute Gasteiger partial charge is 0.473 e. The molecular weight excluding hydrogens is 507 g/mol. The molecule has 0 bridgehead atoms. The monoisotopic (exact) mass is 540 g/mol. The number of imidazole rings is 1. The van der Waals surface area contributed by atoms with Gasteiger partial charge >= 0.3 is 0 Å². The lowest BCUT2D eigenvalue weighted by Gasteiger charge is -2.32. The van der Waals surface area contributed by atoms with Crippen LogP contribution < -0.4 is 4.74 Å². The second-order valence-electron chi connectivity index (χ2n) is 11.0. The molecule has 4 aromatic heterocycles. The lowest BCUT2D eigenvalue weighted by molar-refractivity contribution is -0.0592. The van der Waals surface area contributed by atoms with Crippen molar-refractivity contribution in [2.75, 3.05) is 19.7 Å². The smallest absolute Gasteiger partial charge is 0.213 e. The lowest BCUT2D eigenvalue weighted by atomic mass is 9.93. The summed E-state index contributed by atoms with van der Waals surface area (Å²) in [5, 5.41) is 4.04. The fourth-order valence-electron chi connectivity index (χ4n) is 5.91. The molecule has 6 heterocycles. The predicted molar refractivity (Wildman–Crippen MR) is 150 cm³/mol. The van der Waals surface area contributed by atoms with E-state index in [1.807, 2.05) is 24.3 Å². The van der Waals surface area contributed by atoms with Gasteiger partial charge < -0.3 is 14.0 Å². The highest BCUT2D eigenvalue weighted by Crippen LogP contribution is 2.30. The summed E-state index contributed by atoms with van der Waals surface area (Å²) >= 11 is 0. The van der Waals surface area contributed by atoms with Crippen LogP contribution in [0.4, 0.5) is 4.39 Å². The molecule has 9 heteroatoms. The van der Waals surface area contributed by atoms with Gasteiger partial charge in [-0.05, 0) is 69.1 Å². The molecule has 0 radical (unpaired) electrons. The first-order valence-corrected chi connectivity index (χ1v) is 14.1. The van der Waals surface area contributed by atoms with Gasteiger partial charge in [-0.2, -0.15) is 5.10 Å². The maximum atomic E-state index is 14.2. The van der Waals surface area contributed by atoms with Crippen molar-refractivity contribution in [3.63, 3.8) is 0 Å². The minimum atomic E-state index is -0.352. The molecule has 0 aliphatic carbocycles. The van der Waals surface area contributed by atoms with E-state index in [4.69, 9.17) is 19.4 Å². The van der Waals surface area contributed by atoms with E-state index in [1.54, 1.807) is 6.20 Å². The van der Waals surface area contributed by atoms with Gasteiger partial charge in [-0.1, -0.05) is 18.2 Å². The first-order chi connectivity index (χ1) is 19.6. The standard InChI is InChI=1S/C31H33FN6O2/c1-21-7-8-27-28(16-21)37(18-24-11-15-39-24)29(34-27)19-36-13-9-22(10-14-36)26-5-2-6-30(35-26)40-20-23-4-3-12-38-31(23)25(32)17-33-38/h2-8,12,16-17,22,24H,9-11,13-15,18-20H2,1H3. The fraction of sp³-hybridized carbons (Fsp3) is 0.387. The Hall–Kier alpha value is -3.82. The summed E-state index contributed by atoms with van der Waals surface area (Å²) in [6.07, 6.45) is 6.41. The van der Waals surface area contributed by atoms with Crippen LogP contribution in [0.3, 0.4) is 0 Å². The lowest BCUT2D eigenvalue weighted by Crippen LogP contribution is -2.35. The normalized spacial score (nSPS) is 18.4. The Morgan fingerprint density at radius 2 is 1.93 bits per heavy atom. The molecule has 2 saturated heterocycles. The number of ether oxygens (including phenoxy) is 2. The van der Waals surface area contributed by atoms with Crippen LogP contribution in [0.25, 0.3) is 16.6 Å². The van der Waals surface area contributed by atoms with Gasteiger partial charge in [0.25, 0.3) is 0 Å². The van der Waals surface area contributed by atoms with Crippen molar-refractivity contribution in [1.82, 2.24) is 29.0 Å². The van der Waals surface area contributed by atoms with Crippen molar-refractivity contribution in [2.24, 2.45) is 0 Å². The van der Waals surface area contributed by atoms with Crippen LogP contribution in [0.1, 0.15) is 47.8 Å². The molecule has 1 atom stereocenters. The Labute approximate surface area is 232 Å². The van der Waals surface area contributed by atoms with E-state index in [2.05, 4.69) is 45.8 Å². The molecule has 1 unspecified atom stereocenters. The summed E-state index contributed by atoms with van der Waals surface area (Å²) in [6.45, 7) is 6.90. The van der Waals surface area contributed by atoms with E-state index >= 15 is 0 Å². The van der Waals surface area contributed by atoms with Crippen LogP contribution in [-0.4, -0.2) is 54.8 Å². The number of piperidine rings is 1. The Morgan fingerprint density at radius 3 is 2.75 bits per heavy atom. The SMILES string of the molecule is Cc1ccc2nc(CN3CCC(c4cccc(OCc5cccn6ncc(F)c56)n4)CC3)n(CC3CCO3)c2c1. The molecule has 206 valence electrons. The number of aromatic nitrogens is 5. The number of nitrogens with zero attached hydrogens (tertiary/aromatic N) is 6. The summed E-state index contributed by atoms with van der Waals surface area (Å²) in [7, 11) is 0. The van der Waals surface area contributed by atoms with Gasteiger partial charge in [-0.15, -0.1) is 0 Å². The second kappa shape index (κ2) is 10.6. The molecule has 0 amide bonds. The third-order valence-electron chi connectivity index (χ3n) is 8.23. The zero-order chi connectivity index (χ0) is 27.1. The fourth-order valence-corrected chi connectivity index (χ4v) is 5.91. The number of pyridine rings is 2. The third kappa shape index (κ3) is 4.95. The molecule has 5 aromatic rings. The molecule has 40 heavy (non-hydrogen) atoms. The Morgan fingerprint density at radius 1 is 1.05 bits per heavy atom. The van der Waals surface area contributed by atoms with Crippen molar-refractivity contribution in [3.05, 3.63) is 89.4 Å². The van der Waals surface area contributed by atoms with Gasteiger partial charge in [0.2, 0.25) is 5.88 Å². The number of benzene rings is 1. The van der Waals surface area contributed by atoms with E-state index in [1.165, 1.54) is 21.8 Å². The van der Waals surface area contributed by atoms with Crippen molar-refractivity contribution in [1.29, 1.82) is 0 Å². The predicted octanol–water partition coefficient (Wildman–Crippen LogP) is 5.27. The Balaban J connectivity index is 1.00. The number of aryl methyl sites for hydroxylation is 1. The van der Waals surface area contributed by atoms with Crippen LogP contribution in [0.15, 0.2) is 60.9 Å². The Bertz CT molecular complexity index is 1650. The van der Waals surface area contributed by atoms with E-state index < -0.39 is 0 Å². The summed E-state index contributed by atoms with van der Waals surface area (Å²) in [6, 6.07) is 16.2. The topological polar surface area (TPSA) is 69.7 Å². The van der Waals surface area contributed by atoms with Crippen molar-refractivity contribution in [2.45, 2.75) is 57.9 Å². The molecule has 8 nitrogen and oxygen atoms in total. The van der Waals surface area contributed by atoms with Crippen LogP contribution in [-0.2, 0) is 24.4 Å². The number of rotatable bonds is 8. The zero-order valence-electron chi connectivity index (χ0n) is 22.7. The molecular formula is C31H33FN6O2. The van der Waals surface area contributed by atoms with Gasteiger partial charge in [-0.25, -0.2) is 18.9 Å². The zero-order valence-corrected chi connectivity index (χ0v) is 22.7. The molecule has 0 spiro atoms. The van der Waals surface area contributed by atoms with Crippen molar-refractivity contribution >= 4 is 16.6 Å². The number of fused-ring (bicyclic) bond motifs is 2. The highest BCUT2D eigenvalue weighted by atomic mass is 19.1. The summed E-state index contributed by atoms with van der Waals surface area (Å²) in [5.41, 5.74) is 5.74. The van der Waals surface area contributed by atoms with E-state index in [0.29, 0.717) is 17.3 Å². The van der Waals surface area contributed by atoms with Gasteiger partial charge in [0.1, 0.15) is 17.9 Å². The Kier molecular flexibility index (Phi) is 6.69. The average Bonchev–Trinajstić information content (AvgIpc) is 3.49. The second-order valence-corrected chi connectivity index (χ2v) is 11.0. The van der Waals surface area contributed by atoms with Crippen molar-refractivity contribution in [3.8, 4) is 5.88 Å². The molecule has 1 aromatic carbocycles. The van der Waals surface area contributed by atoms with E-state index in [9.17, 15) is 4.39 Å². The molecule has 0 N–H and O–H groups in total. The average molecular weight is 541 g/mol. The molecule has 2 aliphatic rings. The molecule has 2 fully saturated rings. The number of halogens is 1. The summed E-state index contributed by atoms with van der Waals surface area (Å²) in [4.78, 5) is 12.3. The molecule has 2 aliphatic heterocycles. The van der Waals surface area contributed by atoms with Gasteiger partial charge in [0, 0.05) is 36.0 Å². The highest BCUT2D eigenvalue weighted by molar-refractivity contribution is 5.77. The van der Waals surface area contributed by atoms with Gasteiger partial charge in [0.05, 0.1) is 36.4 Å². The van der Waals surface area contributed by atoms with Gasteiger partial charge in [0.15, 0.2) is 5.82 Å². The van der Waals surface area contributed by atoms with Crippen LogP contribution >= 0.6 is 0 Å². The van der Waals surface area contributed by atoms with E-state index in [0.717, 1.165) is 74.6 Å². The highest BCUT2D eigenvalue weighted by Gasteiger charge is 2.26. The minimum Gasteiger partial charge on any atom is -0.473 e. The van der Waals surface area contributed by atoms with Crippen LogP contribution in [0, 0.1) is 12.7 Å². The first-order valence-electron chi connectivity index (χ1n) is 14.1. The van der Waals surface area contributed by atoms with Gasteiger partial charge in [-0.3, -0.25) is 4.90 Å². The van der Waals surface area contributed by atoms with Crippen molar-refractivity contribution < 1.29 is 13.9 Å². The number of hydrogen-bond acceptors (Lipinski definition) is 6. The quantitative estimate of drug-likeness (QED) is 0.267. The minimum absolute atomic E-state index is 0.230. The summed E-state index contributed by atoms with van der Waals surface area (Å²) < 4.78 is 29.9. The third-order valence-corrected chi connectivity index (χ3v) is 8.23. The molecule has 0 saturated carbocycles. The summed E-state index contributed by atoms with van der Waals surface area (Å²) in [5.74, 6) is 1.70. The van der Waals surface area contributed by atoms with Crippen LogP contribution in [0.5, 0.6) is 5.88 Å². The number of hydrogen-bond donors (Lipinski definition) is 0. The van der Waals surface area contributed by atoms with E-state index in [-0.39, 0.29) is 18.5 Å². The molecule has 7 rings (SSSR count). The first kappa shape index (κ1) is 25.2. The van der Waals surface area contributed by atoms with Crippen LogP contribution in [0.2, 0.25) is 0 Å². The number of likely N-dealkylation sites (tertiary alicyclic amines) is 1. The maximum Gasteiger partial charge on any atom is 0.213 e.